The molecule has 4 aromatic rings. The van der Waals surface area contributed by atoms with Crippen molar-refractivity contribution in [2.24, 2.45) is 0 Å². The highest BCUT2D eigenvalue weighted by molar-refractivity contribution is 6.33. The van der Waals surface area contributed by atoms with E-state index < -0.39 is 0 Å². The van der Waals surface area contributed by atoms with Crippen LogP contribution in [-0.4, -0.2) is 21.4 Å². The van der Waals surface area contributed by atoms with Gasteiger partial charge in [-0.2, -0.15) is 0 Å². The molecule has 0 radical (unpaired) electrons. The van der Waals surface area contributed by atoms with Crippen molar-refractivity contribution in [3.63, 3.8) is 0 Å². The van der Waals surface area contributed by atoms with E-state index in [-0.39, 0.29) is 29.5 Å². The summed E-state index contributed by atoms with van der Waals surface area (Å²) in [6.45, 7) is 0.289. The molecule has 1 heterocycles. The number of halogens is 1. The minimum atomic E-state index is -0.371. The van der Waals surface area contributed by atoms with Gasteiger partial charge in [0, 0.05) is 18.2 Å². The SMILES string of the molecule is O=CCc1ccc(OCc2ccc(Cc3cccc(-c4ccnc(=O)[nH]4)c3)cc2)c(Cl)c1O. The molecular formula is C26H21ClN2O4. The quantitative estimate of drug-likeness (QED) is 0.371. The van der Waals surface area contributed by atoms with Crippen LogP contribution in [-0.2, 0) is 24.2 Å². The maximum absolute atomic E-state index is 11.5. The van der Waals surface area contributed by atoms with Gasteiger partial charge in [-0.1, -0.05) is 60.1 Å². The molecule has 33 heavy (non-hydrogen) atoms. The number of benzene rings is 3. The van der Waals surface area contributed by atoms with Crippen LogP contribution in [0.15, 0.2) is 77.7 Å². The molecule has 0 spiro atoms. The van der Waals surface area contributed by atoms with Crippen LogP contribution >= 0.6 is 11.6 Å². The van der Waals surface area contributed by atoms with Gasteiger partial charge in [0.1, 0.15) is 29.4 Å². The summed E-state index contributed by atoms with van der Waals surface area (Å²) in [6.07, 6.45) is 3.04. The molecule has 166 valence electrons. The maximum Gasteiger partial charge on any atom is 0.345 e. The Kier molecular flexibility index (Phi) is 6.86. The number of nitrogens with one attached hydrogen (secondary N) is 1. The van der Waals surface area contributed by atoms with E-state index in [4.69, 9.17) is 16.3 Å². The van der Waals surface area contributed by atoms with Gasteiger partial charge in [-0.25, -0.2) is 9.78 Å². The number of hydrogen-bond acceptors (Lipinski definition) is 5. The number of aromatic hydroxyl groups is 1. The first-order valence-electron chi connectivity index (χ1n) is 10.3. The number of aromatic nitrogens is 2. The predicted molar refractivity (Wildman–Crippen MR) is 127 cm³/mol. The van der Waals surface area contributed by atoms with Gasteiger partial charge in [-0.15, -0.1) is 0 Å². The average molecular weight is 461 g/mol. The molecule has 0 unspecified atom stereocenters. The zero-order valence-corrected chi connectivity index (χ0v) is 18.4. The molecule has 7 heteroatoms. The van der Waals surface area contributed by atoms with Crippen LogP contribution in [0.3, 0.4) is 0 Å². The molecule has 0 fully saturated rings. The van der Waals surface area contributed by atoms with E-state index in [0.29, 0.717) is 17.6 Å². The van der Waals surface area contributed by atoms with E-state index in [1.54, 1.807) is 18.2 Å². The molecule has 3 aromatic carbocycles. The summed E-state index contributed by atoms with van der Waals surface area (Å²) < 4.78 is 5.75. The van der Waals surface area contributed by atoms with Gasteiger partial charge in [-0.05, 0) is 46.9 Å². The Hall–Kier alpha value is -3.90. The van der Waals surface area contributed by atoms with Gasteiger partial charge in [0.2, 0.25) is 0 Å². The summed E-state index contributed by atoms with van der Waals surface area (Å²) in [6, 6.07) is 21.1. The zero-order valence-electron chi connectivity index (χ0n) is 17.6. The van der Waals surface area contributed by atoms with Crippen molar-refractivity contribution in [3.05, 3.63) is 111 Å². The summed E-state index contributed by atoms with van der Waals surface area (Å²) in [4.78, 5) is 28.6. The third kappa shape index (κ3) is 5.48. The molecule has 0 saturated carbocycles. The molecule has 0 aliphatic heterocycles. The van der Waals surface area contributed by atoms with Crippen molar-refractivity contribution in [2.45, 2.75) is 19.4 Å². The van der Waals surface area contributed by atoms with Crippen LogP contribution in [0.4, 0.5) is 0 Å². The molecule has 0 amide bonds. The van der Waals surface area contributed by atoms with Gasteiger partial charge < -0.3 is 19.6 Å². The number of phenolic OH excluding ortho intramolecular Hbond substituents is 1. The Bertz CT molecular complexity index is 1330. The van der Waals surface area contributed by atoms with E-state index in [9.17, 15) is 14.7 Å². The summed E-state index contributed by atoms with van der Waals surface area (Å²) in [5.41, 5.74) is 4.95. The molecule has 1 aromatic heterocycles. The predicted octanol–water partition coefficient (Wildman–Crippen LogP) is 4.71. The highest BCUT2D eigenvalue weighted by atomic mass is 35.5. The molecule has 0 atom stereocenters. The number of ether oxygens (including phenoxy) is 1. The lowest BCUT2D eigenvalue weighted by molar-refractivity contribution is -0.107. The van der Waals surface area contributed by atoms with Crippen LogP contribution in [0.2, 0.25) is 5.02 Å². The van der Waals surface area contributed by atoms with Crippen molar-refractivity contribution in [1.29, 1.82) is 0 Å². The number of aldehydes is 1. The number of nitrogens with zero attached hydrogens (tertiary/aromatic N) is 1. The number of H-pyrrole nitrogens is 1. The van der Waals surface area contributed by atoms with Crippen molar-refractivity contribution in [3.8, 4) is 22.8 Å². The van der Waals surface area contributed by atoms with E-state index >= 15 is 0 Å². The molecule has 6 nitrogen and oxygen atoms in total. The van der Waals surface area contributed by atoms with Gasteiger partial charge >= 0.3 is 5.69 Å². The third-order valence-electron chi connectivity index (χ3n) is 5.21. The maximum atomic E-state index is 11.5. The summed E-state index contributed by atoms with van der Waals surface area (Å²) in [5.74, 6) is 0.230. The zero-order chi connectivity index (χ0) is 23.2. The first kappa shape index (κ1) is 22.3. The number of phenols is 1. The molecule has 0 bridgehead atoms. The molecule has 0 aliphatic carbocycles. The second-order valence-electron chi connectivity index (χ2n) is 7.53. The highest BCUT2D eigenvalue weighted by Crippen LogP contribution is 2.36. The Labute approximate surface area is 195 Å². The Balaban J connectivity index is 1.41. The monoisotopic (exact) mass is 460 g/mol. The van der Waals surface area contributed by atoms with Crippen molar-refractivity contribution < 1.29 is 14.6 Å². The van der Waals surface area contributed by atoms with Crippen molar-refractivity contribution >= 4 is 17.9 Å². The van der Waals surface area contributed by atoms with E-state index in [1.807, 2.05) is 48.5 Å². The lowest BCUT2D eigenvalue weighted by atomic mass is 10.0. The Morgan fingerprint density at radius 1 is 1.00 bits per heavy atom. The molecule has 0 saturated heterocycles. The van der Waals surface area contributed by atoms with Gasteiger partial charge in [0.05, 0.1) is 5.69 Å². The molecule has 4 rings (SSSR count). The van der Waals surface area contributed by atoms with Crippen LogP contribution in [0, 0.1) is 0 Å². The number of hydrogen-bond donors (Lipinski definition) is 2. The fourth-order valence-electron chi connectivity index (χ4n) is 3.49. The number of aromatic amines is 1. The Morgan fingerprint density at radius 3 is 2.55 bits per heavy atom. The van der Waals surface area contributed by atoms with Crippen LogP contribution in [0.1, 0.15) is 22.3 Å². The van der Waals surface area contributed by atoms with Crippen LogP contribution in [0.25, 0.3) is 11.3 Å². The lowest BCUT2D eigenvalue weighted by Gasteiger charge is -2.12. The fourth-order valence-corrected chi connectivity index (χ4v) is 3.73. The van der Waals surface area contributed by atoms with E-state index in [2.05, 4.69) is 9.97 Å². The van der Waals surface area contributed by atoms with Gasteiger partial charge in [0.15, 0.2) is 0 Å². The van der Waals surface area contributed by atoms with Crippen LogP contribution < -0.4 is 10.4 Å². The smallest absolute Gasteiger partial charge is 0.345 e. The van der Waals surface area contributed by atoms with E-state index in [0.717, 1.165) is 34.4 Å². The van der Waals surface area contributed by atoms with E-state index in [1.165, 1.54) is 6.20 Å². The number of carbonyl (C=O) groups excluding carboxylic acids is 1. The minimum absolute atomic E-state index is 0.0939. The first-order chi connectivity index (χ1) is 16.0. The third-order valence-corrected chi connectivity index (χ3v) is 5.57. The van der Waals surface area contributed by atoms with Crippen molar-refractivity contribution in [2.75, 3.05) is 0 Å². The minimum Gasteiger partial charge on any atom is -0.506 e. The van der Waals surface area contributed by atoms with Crippen LogP contribution in [0.5, 0.6) is 11.5 Å². The molecule has 0 aliphatic rings. The van der Waals surface area contributed by atoms with Gasteiger partial charge in [-0.3, -0.25) is 0 Å². The second kappa shape index (κ2) is 10.1. The number of rotatable bonds is 8. The molecule has 2 N–H and O–H groups in total. The average Bonchev–Trinajstić information content (AvgIpc) is 2.83. The lowest BCUT2D eigenvalue weighted by Crippen LogP contribution is -2.09. The first-order valence-corrected chi connectivity index (χ1v) is 10.7. The number of carbonyl (C=O) groups is 1. The topological polar surface area (TPSA) is 92.3 Å². The fraction of sp³-hybridized carbons (Fsp3) is 0.115. The summed E-state index contributed by atoms with van der Waals surface area (Å²) in [7, 11) is 0. The second-order valence-corrected chi connectivity index (χ2v) is 7.91. The molecular weight excluding hydrogens is 440 g/mol. The summed E-state index contributed by atoms with van der Waals surface area (Å²) in [5, 5.41) is 10.2. The Morgan fingerprint density at radius 2 is 1.79 bits per heavy atom. The summed E-state index contributed by atoms with van der Waals surface area (Å²) >= 11 is 6.17. The highest BCUT2D eigenvalue weighted by Gasteiger charge is 2.12. The largest absolute Gasteiger partial charge is 0.506 e. The standard InChI is InChI=1S/C26H21ClN2O4/c27-24-23(9-8-20(11-13-30)25(24)31)33-16-18-6-4-17(5-7-18)14-19-2-1-3-21(15-19)22-10-12-28-26(32)29-22/h1-10,12-13,15,31H,11,14,16H2,(H,28,29,32). The normalized spacial score (nSPS) is 10.7. The van der Waals surface area contributed by atoms with Gasteiger partial charge in [0.25, 0.3) is 0 Å². The van der Waals surface area contributed by atoms with Crippen molar-refractivity contribution in [1.82, 2.24) is 9.97 Å².